The average molecular weight is 313 g/mol. The highest BCUT2D eigenvalue weighted by molar-refractivity contribution is 9.10. The predicted octanol–water partition coefficient (Wildman–Crippen LogP) is 2.63. The van der Waals surface area contributed by atoms with Crippen molar-refractivity contribution in [1.29, 1.82) is 0 Å². The molecule has 5 heteroatoms. The van der Waals surface area contributed by atoms with E-state index < -0.39 is 0 Å². The molecule has 1 fully saturated rings. The molecule has 0 radical (unpaired) electrons. The van der Waals surface area contributed by atoms with Crippen molar-refractivity contribution < 1.29 is 9.53 Å². The summed E-state index contributed by atoms with van der Waals surface area (Å²) in [5.74, 6) is 0.805. The van der Waals surface area contributed by atoms with E-state index in [-0.39, 0.29) is 6.03 Å². The highest BCUT2D eigenvalue weighted by Crippen LogP contribution is 2.17. The summed E-state index contributed by atoms with van der Waals surface area (Å²) in [6, 6.07) is 7.69. The number of amides is 2. The Kier molecular flexibility index (Phi) is 4.87. The van der Waals surface area contributed by atoms with Crippen LogP contribution in [0.15, 0.2) is 28.7 Å². The largest absolute Gasteiger partial charge is 0.492 e. The normalized spacial score (nSPS) is 14.6. The van der Waals surface area contributed by atoms with Gasteiger partial charge >= 0.3 is 6.03 Å². The average Bonchev–Trinajstić information content (AvgIpc) is 2.88. The number of urea groups is 1. The van der Waals surface area contributed by atoms with E-state index in [0.29, 0.717) is 13.2 Å². The summed E-state index contributed by atoms with van der Waals surface area (Å²) in [4.78, 5) is 13.5. The van der Waals surface area contributed by atoms with Gasteiger partial charge in [0, 0.05) is 17.6 Å². The van der Waals surface area contributed by atoms with Gasteiger partial charge in [0.15, 0.2) is 0 Å². The van der Waals surface area contributed by atoms with Gasteiger partial charge in [-0.05, 0) is 31.0 Å². The lowest BCUT2D eigenvalue weighted by Gasteiger charge is -2.16. The van der Waals surface area contributed by atoms with Crippen LogP contribution in [0.25, 0.3) is 0 Å². The van der Waals surface area contributed by atoms with Gasteiger partial charge in [0.05, 0.1) is 6.54 Å². The lowest BCUT2D eigenvalue weighted by atomic mass is 10.3. The number of nitrogens with one attached hydrogen (secondary N) is 1. The molecule has 0 atom stereocenters. The molecule has 0 unspecified atom stereocenters. The zero-order chi connectivity index (χ0) is 12.8. The molecule has 0 aromatic heterocycles. The summed E-state index contributed by atoms with van der Waals surface area (Å²) in [6.45, 7) is 2.76. The molecule has 0 aliphatic carbocycles. The summed E-state index contributed by atoms with van der Waals surface area (Å²) in [7, 11) is 0. The van der Waals surface area contributed by atoms with E-state index >= 15 is 0 Å². The fourth-order valence-corrected chi connectivity index (χ4v) is 2.29. The third-order valence-electron chi connectivity index (χ3n) is 2.84. The number of rotatable bonds is 4. The van der Waals surface area contributed by atoms with Crippen molar-refractivity contribution >= 4 is 22.0 Å². The molecule has 4 nitrogen and oxygen atoms in total. The van der Waals surface area contributed by atoms with E-state index in [4.69, 9.17) is 4.74 Å². The quantitative estimate of drug-likeness (QED) is 0.868. The Hall–Kier alpha value is -1.23. The van der Waals surface area contributed by atoms with Crippen LogP contribution in [0.4, 0.5) is 4.79 Å². The monoisotopic (exact) mass is 312 g/mol. The molecule has 1 aliphatic rings. The van der Waals surface area contributed by atoms with Crippen LogP contribution in [0.2, 0.25) is 0 Å². The highest BCUT2D eigenvalue weighted by atomic mass is 79.9. The maximum absolute atomic E-state index is 11.7. The second kappa shape index (κ2) is 6.64. The zero-order valence-electron chi connectivity index (χ0n) is 10.2. The fourth-order valence-electron chi connectivity index (χ4n) is 1.92. The number of likely N-dealkylation sites (tertiary alicyclic amines) is 1. The van der Waals surface area contributed by atoms with Crippen molar-refractivity contribution in [2.45, 2.75) is 12.8 Å². The zero-order valence-corrected chi connectivity index (χ0v) is 11.8. The summed E-state index contributed by atoms with van der Waals surface area (Å²) in [6.07, 6.45) is 2.23. The van der Waals surface area contributed by atoms with Crippen LogP contribution < -0.4 is 10.1 Å². The predicted molar refractivity (Wildman–Crippen MR) is 73.8 cm³/mol. The van der Waals surface area contributed by atoms with Gasteiger partial charge in [0.1, 0.15) is 12.4 Å². The van der Waals surface area contributed by atoms with Crippen molar-refractivity contribution in [3.63, 3.8) is 0 Å². The standard InChI is InChI=1S/C13H17BrN2O2/c14-11-4-3-5-12(10-11)18-9-6-15-13(17)16-7-1-2-8-16/h3-5,10H,1-2,6-9H2,(H,15,17). The molecule has 18 heavy (non-hydrogen) atoms. The topological polar surface area (TPSA) is 41.6 Å². The lowest BCUT2D eigenvalue weighted by Crippen LogP contribution is -2.39. The van der Waals surface area contributed by atoms with Crippen LogP contribution in [-0.4, -0.2) is 37.2 Å². The van der Waals surface area contributed by atoms with Gasteiger partial charge in [-0.1, -0.05) is 22.0 Å². The molecule has 1 N–H and O–H groups in total. The van der Waals surface area contributed by atoms with Gasteiger partial charge in [-0.15, -0.1) is 0 Å². The first-order valence-corrected chi connectivity index (χ1v) is 6.96. The van der Waals surface area contributed by atoms with Gasteiger partial charge in [-0.25, -0.2) is 4.79 Å². The molecule has 2 amide bonds. The minimum atomic E-state index is 0.0188. The molecule has 1 aromatic carbocycles. The summed E-state index contributed by atoms with van der Waals surface area (Å²) in [5, 5.41) is 2.86. The summed E-state index contributed by atoms with van der Waals surface area (Å²) in [5.41, 5.74) is 0. The minimum Gasteiger partial charge on any atom is -0.492 e. The first-order valence-electron chi connectivity index (χ1n) is 6.17. The molecule has 1 saturated heterocycles. The molecule has 98 valence electrons. The van der Waals surface area contributed by atoms with Crippen LogP contribution in [0, 0.1) is 0 Å². The second-order valence-electron chi connectivity index (χ2n) is 4.23. The van der Waals surface area contributed by atoms with E-state index in [2.05, 4.69) is 21.2 Å². The number of benzene rings is 1. The molecular formula is C13H17BrN2O2. The maximum atomic E-state index is 11.7. The number of carbonyl (C=O) groups is 1. The number of carbonyl (C=O) groups excluding carboxylic acids is 1. The Balaban J connectivity index is 1.65. The van der Waals surface area contributed by atoms with Crippen molar-refractivity contribution in [3.8, 4) is 5.75 Å². The van der Waals surface area contributed by atoms with Crippen LogP contribution in [-0.2, 0) is 0 Å². The number of hydrogen-bond donors (Lipinski definition) is 1. The molecule has 1 aliphatic heterocycles. The maximum Gasteiger partial charge on any atom is 0.317 e. The fraction of sp³-hybridized carbons (Fsp3) is 0.462. The van der Waals surface area contributed by atoms with E-state index in [1.807, 2.05) is 29.2 Å². The van der Waals surface area contributed by atoms with Gasteiger partial charge in [-0.3, -0.25) is 0 Å². The Morgan fingerprint density at radius 2 is 2.17 bits per heavy atom. The van der Waals surface area contributed by atoms with Gasteiger partial charge in [0.2, 0.25) is 0 Å². The lowest BCUT2D eigenvalue weighted by molar-refractivity contribution is 0.205. The van der Waals surface area contributed by atoms with Crippen molar-refractivity contribution in [2.24, 2.45) is 0 Å². The van der Waals surface area contributed by atoms with Gasteiger partial charge in [-0.2, -0.15) is 0 Å². The van der Waals surface area contributed by atoms with Crippen molar-refractivity contribution in [3.05, 3.63) is 28.7 Å². The smallest absolute Gasteiger partial charge is 0.317 e. The van der Waals surface area contributed by atoms with E-state index in [9.17, 15) is 4.79 Å². The van der Waals surface area contributed by atoms with Gasteiger partial charge in [0.25, 0.3) is 0 Å². The first kappa shape index (κ1) is 13.2. The Labute approximate surface area is 115 Å². The number of hydrogen-bond acceptors (Lipinski definition) is 2. The van der Waals surface area contributed by atoms with Crippen LogP contribution >= 0.6 is 15.9 Å². The number of ether oxygens (including phenoxy) is 1. The van der Waals surface area contributed by atoms with Gasteiger partial charge < -0.3 is 15.0 Å². The summed E-state index contributed by atoms with van der Waals surface area (Å²) < 4.78 is 6.52. The molecule has 1 aromatic rings. The number of nitrogens with zero attached hydrogens (tertiary/aromatic N) is 1. The molecular weight excluding hydrogens is 296 g/mol. The van der Waals surface area contributed by atoms with Crippen molar-refractivity contribution in [2.75, 3.05) is 26.2 Å². The van der Waals surface area contributed by atoms with E-state index in [1.54, 1.807) is 0 Å². The third-order valence-corrected chi connectivity index (χ3v) is 3.33. The third kappa shape index (κ3) is 3.91. The van der Waals surface area contributed by atoms with Crippen LogP contribution in [0.1, 0.15) is 12.8 Å². The SMILES string of the molecule is O=C(NCCOc1cccc(Br)c1)N1CCCC1. The number of halogens is 1. The molecule has 0 saturated carbocycles. The Bertz CT molecular complexity index is 406. The molecule has 0 spiro atoms. The van der Waals surface area contributed by atoms with Crippen LogP contribution in [0.5, 0.6) is 5.75 Å². The Morgan fingerprint density at radius 3 is 2.89 bits per heavy atom. The molecule has 0 bridgehead atoms. The van der Waals surface area contributed by atoms with Crippen LogP contribution in [0.3, 0.4) is 0 Å². The minimum absolute atomic E-state index is 0.0188. The summed E-state index contributed by atoms with van der Waals surface area (Å²) >= 11 is 3.38. The Morgan fingerprint density at radius 1 is 1.39 bits per heavy atom. The first-order chi connectivity index (χ1) is 8.75. The molecule has 2 rings (SSSR count). The second-order valence-corrected chi connectivity index (χ2v) is 5.15. The van der Waals surface area contributed by atoms with E-state index in [0.717, 1.165) is 36.2 Å². The van der Waals surface area contributed by atoms with E-state index in [1.165, 1.54) is 0 Å². The van der Waals surface area contributed by atoms with Crippen molar-refractivity contribution in [1.82, 2.24) is 10.2 Å². The highest BCUT2D eigenvalue weighted by Gasteiger charge is 2.16. The molecule has 1 heterocycles.